The molecule has 6 heteroatoms. The van der Waals surface area contributed by atoms with Crippen LogP contribution >= 0.6 is 0 Å². The SMILES string of the molecule is CCCCOC(=O)c1ccc(NC(=O)COC(=O)c2ccc(C)cc2C)cc1. The minimum absolute atomic E-state index is 0.389. The number of aryl methyl sites for hydroxylation is 2. The summed E-state index contributed by atoms with van der Waals surface area (Å²) in [5.41, 5.74) is 3.19. The van der Waals surface area contributed by atoms with Gasteiger partial charge in [0.2, 0.25) is 0 Å². The molecule has 0 heterocycles. The zero-order valence-corrected chi connectivity index (χ0v) is 16.4. The molecular formula is C22H25NO5. The molecule has 1 N–H and O–H groups in total. The summed E-state index contributed by atoms with van der Waals surface area (Å²) in [5, 5.41) is 2.62. The van der Waals surface area contributed by atoms with E-state index in [0.717, 1.165) is 24.0 Å². The highest BCUT2D eigenvalue weighted by Crippen LogP contribution is 2.13. The summed E-state index contributed by atoms with van der Waals surface area (Å²) in [4.78, 5) is 36.0. The number of amides is 1. The van der Waals surface area contributed by atoms with E-state index in [1.54, 1.807) is 30.3 Å². The van der Waals surface area contributed by atoms with Gasteiger partial charge in [0.1, 0.15) is 0 Å². The first kappa shape index (κ1) is 21.2. The van der Waals surface area contributed by atoms with Gasteiger partial charge in [-0.25, -0.2) is 9.59 Å². The maximum Gasteiger partial charge on any atom is 0.338 e. The number of anilines is 1. The molecule has 1 amide bonds. The van der Waals surface area contributed by atoms with E-state index in [9.17, 15) is 14.4 Å². The molecule has 148 valence electrons. The Morgan fingerprint density at radius 3 is 2.29 bits per heavy atom. The highest BCUT2D eigenvalue weighted by atomic mass is 16.5. The average Bonchev–Trinajstić information content (AvgIpc) is 2.67. The van der Waals surface area contributed by atoms with E-state index in [1.165, 1.54) is 0 Å². The van der Waals surface area contributed by atoms with E-state index in [4.69, 9.17) is 9.47 Å². The minimum atomic E-state index is -0.544. The van der Waals surface area contributed by atoms with Crippen LogP contribution in [0.15, 0.2) is 42.5 Å². The Labute approximate surface area is 164 Å². The highest BCUT2D eigenvalue weighted by molar-refractivity contribution is 5.96. The Kier molecular flexibility index (Phi) is 7.75. The van der Waals surface area contributed by atoms with Gasteiger partial charge in [-0.15, -0.1) is 0 Å². The quantitative estimate of drug-likeness (QED) is 0.549. The predicted molar refractivity (Wildman–Crippen MR) is 106 cm³/mol. The Balaban J connectivity index is 1.84. The molecule has 0 aliphatic rings. The van der Waals surface area contributed by atoms with Gasteiger partial charge >= 0.3 is 11.9 Å². The van der Waals surface area contributed by atoms with Crippen LogP contribution in [0.5, 0.6) is 0 Å². The molecule has 2 aromatic rings. The van der Waals surface area contributed by atoms with Crippen molar-refractivity contribution in [3.8, 4) is 0 Å². The van der Waals surface area contributed by atoms with E-state index in [1.807, 2.05) is 32.9 Å². The van der Waals surface area contributed by atoms with Gasteiger partial charge < -0.3 is 14.8 Å². The number of esters is 2. The molecule has 0 aliphatic carbocycles. The molecule has 0 unspecified atom stereocenters. The van der Waals surface area contributed by atoms with Crippen molar-refractivity contribution < 1.29 is 23.9 Å². The van der Waals surface area contributed by atoms with E-state index in [2.05, 4.69) is 5.32 Å². The molecule has 2 aromatic carbocycles. The van der Waals surface area contributed by atoms with Gasteiger partial charge in [-0.2, -0.15) is 0 Å². The summed E-state index contributed by atoms with van der Waals surface area (Å²) in [6, 6.07) is 11.7. The van der Waals surface area contributed by atoms with Crippen molar-refractivity contribution in [2.45, 2.75) is 33.6 Å². The average molecular weight is 383 g/mol. The van der Waals surface area contributed by atoms with Crippen LogP contribution in [0.1, 0.15) is 51.6 Å². The Morgan fingerprint density at radius 1 is 0.929 bits per heavy atom. The number of carbonyl (C=O) groups excluding carboxylic acids is 3. The molecule has 0 saturated carbocycles. The molecule has 28 heavy (non-hydrogen) atoms. The molecule has 6 nitrogen and oxygen atoms in total. The monoisotopic (exact) mass is 383 g/mol. The Bertz CT molecular complexity index is 843. The Morgan fingerprint density at radius 2 is 1.64 bits per heavy atom. The molecule has 0 saturated heterocycles. The summed E-state index contributed by atoms with van der Waals surface area (Å²) in [7, 11) is 0. The van der Waals surface area contributed by atoms with Gasteiger partial charge in [0, 0.05) is 5.69 Å². The summed E-state index contributed by atoms with van der Waals surface area (Å²) in [6.07, 6.45) is 1.77. The van der Waals surface area contributed by atoms with Gasteiger partial charge in [0.05, 0.1) is 17.7 Å². The van der Waals surface area contributed by atoms with Crippen molar-refractivity contribution in [2.24, 2.45) is 0 Å². The van der Waals surface area contributed by atoms with Gasteiger partial charge in [-0.3, -0.25) is 4.79 Å². The molecule has 0 radical (unpaired) electrons. The lowest BCUT2D eigenvalue weighted by Crippen LogP contribution is -2.21. The number of ether oxygens (including phenoxy) is 2. The number of hydrogen-bond donors (Lipinski definition) is 1. The smallest absolute Gasteiger partial charge is 0.338 e. The second kappa shape index (κ2) is 10.3. The van der Waals surface area contributed by atoms with E-state index in [-0.39, 0.29) is 0 Å². The fraction of sp³-hybridized carbons (Fsp3) is 0.318. The van der Waals surface area contributed by atoms with Crippen LogP contribution in [-0.4, -0.2) is 31.1 Å². The van der Waals surface area contributed by atoms with Crippen molar-refractivity contribution in [1.82, 2.24) is 0 Å². The third-order valence-electron chi connectivity index (χ3n) is 4.07. The molecule has 0 bridgehead atoms. The second-order valence-corrected chi connectivity index (χ2v) is 6.51. The summed E-state index contributed by atoms with van der Waals surface area (Å²) >= 11 is 0. The number of hydrogen-bond acceptors (Lipinski definition) is 5. The largest absolute Gasteiger partial charge is 0.462 e. The molecule has 2 rings (SSSR count). The highest BCUT2D eigenvalue weighted by Gasteiger charge is 2.13. The summed E-state index contributed by atoms with van der Waals surface area (Å²) in [5.74, 6) is -1.40. The van der Waals surface area contributed by atoms with Gasteiger partial charge in [0.15, 0.2) is 6.61 Å². The summed E-state index contributed by atoms with van der Waals surface area (Å²) in [6.45, 7) is 5.77. The topological polar surface area (TPSA) is 81.7 Å². The number of carbonyl (C=O) groups is 3. The molecule has 0 aromatic heterocycles. The minimum Gasteiger partial charge on any atom is -0.462 e. The lowest BCUT2D eigenvalue weighted by molar-refractivity contribution is -0.119. The second-order valence-electron chi connectivity index (χ2n) is 6.51. The lowest BCUT2D eigenvalue weighted by atomic mass is 10.1. The molecular weight excluding hydrogens is 358 g/mol. The van der Waals surface area contributed by atoms with Gasteiger partial charge in [0.25, 0.3) is 5.91 Å². The van der Waals surface area contributed by atoms with Gasteiger partial charge in [-0.05, 0) is 56.2 Å². The van der Waals surface area contributed by atoms with E-state index < -0.39 is 24.5 Å². The zero-order valence-electron chi connectivity index (χ0n) is 16.4. The number of rotatable bonds is 8. The number of unbranched alkanes of at least 4 members (excludes halogenated alkanes) is 1. The van der Waals surface area contributed by atoms with Crippen molar-refractivity contribution in [3.63, 3.8) is 0 Å². The third kappa shape index (κ3) is 6.23. The van der Waals surface area contributed by atoms with Crippen molar-refractivity contribution in [3.05, 3.63) is 64.7 Å². The molecule has 0 atom stereocenters. The standard InChI is InChI=1S/C22H25NO5/c1-4-5-12-27-21(25)17-7-9-18(10-8-17)23-20(24)14-28-22(26)19-11-6-15(2)13-16(19)3/h6-11,13H,4-5,12,14H2,1-3H3,(H,23,24). The Hall–Kier alpha value is -3.15. The first-order valence-corrected chi connectivity index (χ1v) is 9.22. The van der Waals surface area contributed by atoms with Crippen LogP contribution in [-0.2, 0) is 14.3 Å². The first-order valence-electron chi connectivity index (χ1n) is 9.22. The van der Waals surface area contributed by atoms with Crippen LogP contribution < -0.4 is 5.32 Å². The van der Waals surface area contributed by atoms with Gasteiger partial charge in [-0.1, -0.05) is 31.0 Å². The molecule has 0 spiro atoms. The lowest BCUT2D eigenvalue weighted by Gasteiger charge is -2.09. The normalized spacial score (nSPS) is 10.2. The zero-order chi connectivity index (χ0) is 20.5. The fourth-order valence-electron chi connectivity index (χ4n) is 2.53. The van der Waals surface area contributed by atoms with E-state index >= 15 is 0 Å². The fourth-order valence-corrected chi connectivity index (χ4v) is 2.53. The molecule has 0 fully saturated rings. The van der Waals surface area contributed by atoms with Crippen molar-refractivity contribution in [1.29, 1.82) is 0 Å². The molecule has 0 aliphatic heterocycles. The maximum absolute atomic E-state index is 12.1. The van der Waals surface area contributed by atoms with Crippen molar-refractivity contribution >= 4 is 23.5 Å². The van der Waals surface area contributed by atoms with Crippen LogP contribution in [0, 0.1) is 13.8 Å². The van der Waals surface area contributed by atoms with Crippen LogP contribution in [0.2, 0.25) is 0 Å². The third-order valence-corrected chi connectivity index (χ3v) is 4.07. The number of nitrogens with one attached hydrogen (secondary N) is 1. The predicted octanol–water partition coefficient (Wildman–Crippen LogP) is 4.06. The first-order chi connectivity index (χ1) is 13.4. The van der Waals surface area contributed by atoms with Crippen LogP contribution in [0.3, 0.4) is 0 Å². The van der Waals surface area contributed by atoms with Crippen LogP contribution in [0.25, 0.3) is 0 Å². The van der Waals surface area contributed by atoms with Crippen molar-refractivity contribution in [2.75, 3.05) is 18.5 Å². The summed E-state index contributed by atoms with van der Waals surface area (Å²) < 4.78 is 10.2. The van der Waals surface area contributed by atoms with E-state index in [0.29, 0.717) is 23.4 Å². The van der Waals surface area contributed by atoms with Crippen LogP contribution in [0.4, 0.5) is 5.69 Å². The number of benzene rings is 2. The maximum atomic E-state index is 12.1.